The summed E-state index contributed by atoms with van der Waals surface area (Å²) in [5, 5.41) is 0. The van der Waals surface area contributed by atoms with Gasteiger partial charge in [-0.05, 0) is 0 Å². The van der Waals surface area contributed by atoms with Crippen molar-refractivity contribution in [3.8, 4) is 0 Å². The van der Waals surface area contributed by atoms with Crippen molar-refractivity contribution in [1.29, 1.82) is 0 Å². The molecule has 0 heterocycles. The lowest BCUT2D eigenvalue weighted by Gasteiger charge is -2.09. The van der Waals surface area contributed by atoms with Crippen molar-refractivity contribution in [2.75, 3.05) is 0 Å². The Labute approximate surface area is 151 Å². The van der Waals surface area contributed by atoms with Gasteiger partial charge < -0.3 is 11.5 Å². The summed E-state index contributed by atoms with van der Waals surface area (Å²) in [5.74, 6) is -0.746. The van der Waals surface area contributed by atoms with Crippen LogP contribution in [0.25, 0.3) is 0 Å². The summed E-state index contributed by atoms with van der Waals surface area (Å²) >= 11 is 15.8. The van der Waals surface area contributed by atoms with Crippen molar-refractivity contribution < 1.29 is 4.79 Å². The monoisotopic (exact) mass is 368 g/mol. The molecule has 0 spiro atoms. The molecular weight excluding hydrogens is 353 g/mol. The van der Waals surface area contributed by atoms with Gasteiger partial charge in [0.1, 0.15) is 0 Å². The first-order valence-electron chi connectivity index (χ1n) is 6.70. The highest BCUT2D eigenvalue weighted by atomic mass is 35.6. The maximum Gasteiger partial charge on any atom is 0.243 e. The molecule has 0 aliphatic rings. The number of hydrogen-bond acceptors (Lipinski definition) is 2. The smallest absolute Gasteiger partial charge is 0.243 e. The van der Waals surface area contributed by atoms with Crippen LogP contribution in [0.3, 0.4) is 0 Å². The molecule has 3 nitrogen and oxygen atoms in total. The molecule has 0 saturated heterocycles. The Kier molecular flexibility index (Phi) is 8.03. The number of benzene rings is 2. The van der Waals surface area contributed by atoms with Crippen molar-refractivity contribution in [3.63, 3.8) is 0 Å². The Morgan fingerprint density at radius 3 is 1.52 bits per heavy atom. The number of nitrogens with two attached hydrogens (primary N) is 2. The number of primary amides is 1. The molecule has 4 N–H and O–H groups in total. The van der Waals surface area contributed by atoms with E-state index in [-0.39, 0.29) is 5.70 Å². The average Bonchev–Trinajstić information content (AvgIpc) is 2.48. The largest absolute Gasteiger partial charge is 0.398 e. The molecule has 2 rings (SSSR count). The van der Waals surface area contributed by atoms with Crippen LogP contribution < -0.4 is 22.4 Å². The first-order chi connectivity index (χ1) is 10.8. The van der Waals surface area contributed by atoms with E-state index in [1.54, 1.807) is 0 Å². The second-order valence-electron chi connectivity index (χ2n) is 4.65. The van der Waals surface area contributed by atoms with Crippen molar-refractivity contribution in [2.24, 2.45) is 11.5 Å². The van der Waals surface area contributed by atoms with Crippen molar-refractivity contribution in [1.82, 2.24) is 0 Å². The molecule has 2 aromatic carbocycles. The fraction of sp³-hybridized carbons (Fsp3) is 0.0625. The molecule has 0 aromatic heterocycles. The summed E-state index contributed by atoms with van der Waals surface area (Å²) in [7, 11) is 1.03. The van der Waals surface area contributed by atoms with Crippen LogP contribution in [0.1, 0.15) is 0 Å². The standard InChI is InChI=1S/C12H11B.C4H5Cl3N2O/c1-3-7-11(8-4-1)13-12-9-5-2-6-10-12;5-4(6,7)2(8)1-3(9)10/h1-10,13H;1H,8H2,(H2,9,10)/b;2-1-. The van der Waals surface area contributed by atoms with Crippen molar-refractivity contribution in [2.45, 2.75) is 3.79 Å². The van der Waals surface area contributed by atoms with Crippen LogP contribution in [0.2, 0.25) is 0 Å². The van der Waals surface area contributed by atoms with Gasteiger partial charge in [-0.2, -0.15) is 0 Å². The van der Waals surface area contributed by atoms with E-state index in [4.69, 9.17) is 46.3 Å². The third-order valence-electron chi connectivity index (χ3n) is 2.72. The minimum absolute atomic E-state index is 0.190. The Morgan fingerprint density at radius 2 is 1.26 bits per heavy atom. The van der Waals surface area contributed by atoms with Gasteiger partial charge in [-0.15, -0.1) is 0 Å². The third-order valence-corrected chi connectivity index (χ3v) is 3.37. The summed E-state index contributed by atoms with van der Waals surface area (Å²) < 4.78 is -1.75. The lowest BCUT2D eigenvalue weighted by molar-refractivity contribution is -0.113. The number of alkyl halides is 3. The molecule has 0 fully saturated rings. The van der Waals surface area contributed by atoms with E-state index in [2.05, 4.69) is 60.7 Å². The van der Waals surface area contributed by atoms with E-state index >= 15 is 0 Å². The Morgan fingerprint density at radius 1 is 0.870 bits per heavy atom. The third kappa shape index (κ3) is 8.55. The average molecular weight is 369 g/mol. The van der Waals surface area contributed by atoms with Crippen LogP contribution in [0, 0.1) is 0 Å². The number of hydrogen-bond donors (Lipinski definition) is 2. The quantitative estimate of drug-likeness (QED) is 0.492. The Bertz CT molecular complexity index is 606. The van der Waals surface area contributed by atoms with E-state index in [1.165, 1.54) is 10.9 Å². The number of allylic oxidation sites excluding steroid dienone is 1. The van der Waals surface area contributed by atoms with Gasteiger partial charge in [0.05, 0.1) is 5.70 Å². The van der Waals surface area contributed by atoms with E-state index in [1.807, 2.05) is 0 Å². The van der Waals surface area contributed by atoms with Crippen LogP contribution in [0.5, 0.6) is 0 Å². The fourth-order valence-electron chi connectivity index (χ4n) is 1.66. The molecule has 0 bridgehead atoms. The molecule has 120 valence electrons. The zero-order valence-corrected chi connectivity index (χ0v) is 14.5. The normalized spacial score (nSPS) is 11.2. The lowest BCUT2D eigenvalue weighted by atomic mass is 9.64. The zero-order chi connectivity index (χ0) is 17.3. The lowest BCUT2D eigenvalue weighted by Crippen LogP contribution is -2.26. The maximum atomic E-state index is 10.1. The summed E-state index contributed by atoms with van der Waals surface area (Å²) in [6.45, 7) is 0. The number of carbonyl (C=O) groups excluding carboxylic acids is 1. The van der Waals surface area contributed by atoms with Crippen molar-refractivity contribution >= 4 is 58.9 Å². The molecule has 0 radical (unpaired) electrons. The van der Waals surface area contributed by atoms with Gasteiger partial charge in [-0.1, -0.05) is 106 Å². The summed E-state index contributed by atoms with van der Waals surface area (Å²) in [4.78, 5) is 10.1. The van der Waals surface area contributed by atoms with E-state index in [0.717, 1.165) is 13.4 Å². The maximum absolute atomic E-state index is 10.1. The minimum Gasteiger partial charge on any atom is -0.398 e. The van der Waals surface area contributed by atoms with Crippen LogP contribution >= 0.6 is 34.8 Å². The molecule has 0 aliphatic heterocycles. The number of halogens is 3. The fourth-order valence-corrected chi connectivity index (χ4v) is 1.83. The first-order valence-corrected chi connectivity index (χ1v) is 7.84. The summed E-state index contributed by atoms with van der Waals surface area (Å²) in [6.07, 6.45) is 0.854. The van der Waals surface area contributed by atoms with Gasteiger partial charge in [-0.25, -0.2) is 0 Å². The van der Waals surface area contributed by atoms with E-state index in [0.29, 0.717) is 0 Å². The van der Waals surface area contributed by atoms with E-state index < -0.39 is 9.70 Å². The molecule has 7 heteroatoms. The molecule has 1 amide bonds. The van der Waals surface area contributed by atoms with Gasteiger partial charge in [-0.3, -0.25) is 4.79 Å². The number of rotatable bonds is 3. The second kappa shape index (κ2) is 9.51. The van der Waals surface area contributed by atoms with Gasteiger partial charge in [0.2, 0.25) is 9.70 Å². The molecule has 0 saturated carbocycles. The van der Waals surface area contributed by atoms with Crippen LogP contribution in [0.15, 0.2) is 72.4 Å². The highest BCUT2D eigenvalue weighted by Gasteiger charge is 2.23. The second-order valence-corrected chi connectivity index (χ2v) is 6.93. The van der Waals surface area contributed by atoms with Gasteiger partial charge in [0, 0.05) is 6.08 Å². The molecule has 23 heavy (non-hydrogen) atoms. The van der Waals surface area contributed by atoms with Gasteiger partial charge in [0.15, 0.2) is 7.28 Å². The van der Waals surface area contributed by atoms with Crippen LogP contribution in [0.4, 0.5) is 0 Å². The van der Waals surface area contributed by atoms with Crippen molar-refractivity contribution in [3.05, 3.63) is 72.4 Å². The van der Waals surface area contributed by atoms with Gasteiger partial charge >= 0.3 is 0 Å². The minimum atomic E-state index is -1.75. The molecule has 0 aliphatic carbocycles. The SMILES string of the molecule is B(c1ccccc1)c1ccccc1.NC(=O)/C=C(\N)C(Cl)(Cl)Cl. The Hall–Kier alpha value is -1.62. The molecule has 0 atom stereocenters. The van der Waals surface area contributed by atoms with Gasteiger partial charge in [0.25, 0.3) is 0 Å². The predicted molar refractivity (Wildman–Crippen MR) is 101 cm³/mol. The van der Waals surface area contributed by atoms with E-state index in [9.17, 15) is 4.79 Å². The van der Waals surface area contributed by atoms with Crippen LogP contribution in [-0.4, -0.2) is 17.0 Å². The zero-order valence-electron chi connectivity index (χ0n) is 12.3. The first kappa shape index (κ1) is 19.4. The number of amides is 1. The summed E-state index contributed by atoms with van der Waals surface area (Å²) in [5.41, 5.74) is 12.4. The highest BCUT2D eigenvalue weighted by Crippen LogP contribution is 2.31. The molecule has 0 unspecified atom stereocenters. The van der Waals surface area contributed by atoms with Crippen LogP contribution in [-0.2, 0) is 4.79 Å². The highest BCUT2D eigenvalue weighted by molar-refractivity contribution is 6.69. The molecular formula is C16H16BCl3N2O. The number of carbonyl (C=O) groups is 1. The summed E-state index contributed by atoms with van der Waals surface area (Å²) in [6, 6.07) is 21.1. The molecule has 2 aromatic rings. The Balaban J connectivity index is 0.000000241. The topological polar surface area (TPSA) is 69.1 Å². The predicted octanol–water partition coefficient (Wildman–Crippen LogP) is 1.76.